The fourth-order valence-corrected chi connectivity index (χ4v) is 3.38. The van der Waals surface area contributed by atoms with Crippen LogP contribution in [0.1, 0.15) is 27.1 Å². The van der Waals surface area contributed by atoms with Gasteiger partial charge in [0.2, 0.25) is 0 Å². The molecule has 1 aliphatic rings. The van der Waals surface area contributed by atoms with E-state index >= 15 is 0 Å². The van der Waals surface area contributed by atoms with E-state index in [0.29, 0.717) is 42.3 Å². The Bertz CT molecular complexity index is 779. The van der Waals surface area contributed by atoms with Gasteiger partial charge in [-0.1, -0.05) is 39.7 Å². The van der Waals surface area contributed by atoms with E-state index in [1.54, 1.807) is 29.2 Å². The van der Waals surface area contributed by atoms with Gasteiger partial charge in [-0.3, -0.25) is 9.59 Å². The van der Waals surface area contributed by atoms with Gasteiger partial charge in [0.05, 0.1) is 10.6 Å². The Morgan fingerprint density at radius 3 is 2.08 bits per heavy atom. The second kappa shape index (κ2) is 8.02. The molecule has 1 saturated heterocycles. The van der Waals surface area contributed by atoms with E-state index in [0.717, 1.165) is 10.9 Å². The molecule has 1 fully saturated rings. The number of halogens is 2. The van der Waals surface area contributed by atoms with Gasteiger partial charge in [-0.15, -0.1) is 0 Å². The summed E-state index contributed by atoms with van der Waals surface area (Å²) < 4.78 is 0.941. The summed E-state index contributed by atoms with van der Waals surface area (Å²) in [5, 5.41) is 0.458. The summed E-state index contributed by atoms with van der Waals surface area (Å²) in [5.74, 6) is -0.0805. The average molecular weight is 422 g/mol. The van der Waals surface area contributed by atoms with Gasteiger partial charge in [0.25, 0.3) is 11.8 Å². The van der Waals surface area contributed by atoms with Crippen LogP contribution >= 0.6 is 27.5 Å². The molecule has 0 atom stereocenters. The molecule has 3 rings (SSSR count). The lowest BCUT2D eigenvalue weighted by atomic mass is 10.2. The molecule has 1 aliphatic heterocycles. The molecule has 0 radical (unpaired) electrons. The number of benzene rings is 2. The monoisotopic (exact) mass is 420 g/mol. The van der Waals surface area contributed by atoms with E-state index in [2.05, 4.69) is 15.9 Å². The molecule has 2 aromatic rings. The quantitative estimate of drug-likeness (QED) is 0.733. The Hall–Kier alpha value is -1.85. The number of carbonyl (C=O) groups excluding carboxylic acids is 2. The van der Waals surface area contributed by atoms with E-state index in [4.69, 9.17) is 11.6 Å². The normalized spacial score (nSPS) is 15.0. The zero-order valence-corrected chi connectivity index (χ0v) is 16.0. The van der Waals surface area contributed by atoms with Gasteiger partial charge >= 0.3 is 0 Å². The van der Waals surface area contributed by atoms with Crippen molar-refractivity contribution in [2.75, 3.05) is 26.2 Å². The minimum atomic E-state index is -0.0801. The van der Waals surface area contributed by atoms with Gasteiger partial charge in [-0.05, 0) is 42.8 Å². The molecule has 0 bridgehead atoms. The standard InChI is InChI=1S/C19H18BrClN2O2/c20-15-8-6-14(7-9-15)18(24)22-10-3-11-23(13-12-22)19(25)16-4-1-2-5-17(16)21/h1-2,4-9H,3,10-13H2. The highest BCUT2D eigenvalue weighted by Gasteiger charge is 2.24. The molecular weight excluding hydrogens is 404 g/mol. The van der Waals surface area contributed by atoms with Crippen molar-refractivity contribution >= 4 is 39.3 Å². The third-order valence-electron chi connectivity index (χ3n) is 4.27. The highest BCUT2D eigenvalue weighted by molar-refractivity contribution is 9.10. The van der Waals surface area contributed by atoms with Crippen LogP contribution in [0.4, 0.5) is 0 Å². The van der Waals surface area contributed by atoms with E-state index in [-0.39, 0.29) is 11.8 Å². The predicted molar refractivity (Wildman–Crippen MR) is 102 cm³/mol. The first-order valence-corrected chi connectivity index (χ1v) is 9.32. The maximum atomic E-state index is 12.7. The summed E-state index contributed by atoms with van der Waals surface area (Å²) >= 11 is 9.51. The van der Waals surface area contributed by atoms with Gasteiger partial charge in [0, 0.05) is 36.2 Å². The maximum Gasteiger partial charge on any atom is 0.255 e. The molecule has 6 heteroatoms. The van der Waals surface area contributed by atoms with Crippen molar-refractivity contribution in [1.82, 2.24) is 9.80 Å². The number of rotatable bonds is 2. The Morgan fingerprint density at radius 2 is 1.44 bits per heavy atom. The van der Waals surface area contributed by atoms with Crippen molar-refractivity contribution in [1.29, 1.82) is 0 Å². The molecule has 0 N–H and O–H groups in total. The Morgan fingerprint density at radius 1 is 0.840 bits per heavy atom. The van der Waals surface area contributed by atoms with Gasteiger partial charge in [-0.25, -0.2) is 0 Å². The SMILES string of the molecule is O=C(c1ccc(Br)cc1)N1CCCN(C(=O)c2ccccc2Cl)CC1. The zero-order chi connectivity index (χ0) is 17.8. The average Bonchev–Trinajstić information content (AvgIpc) is 2.88. The van der Waals surface area contributed by atoms with E-state index in [9.17, 15) is 9.59 Å². The molecular formula is C19H18BrClN2O2. The minimum absolute atomic E-state index is 0.000424. The number of hydrogen-bond donors (Lipinski definition) is 0. The molecule has 130 valence electrons. The molecule has 0 aromatic heterocycles. The molecule has 0 spiro atoms. The van der Waals surface area contributed by atoms with Crippen LogP contribution in [-0.2, 0) is 0 Å². The molecule has 25 heavy (non-hydrogen) atoms. The summed E-state index contributed by atoms with van der Waals surface area (Å²) in [6.45, 7) is 2.28. The van der Waals surface area contributed by atoms with Gasteiger partial charge < -0.3 is 9.80 Å². The number of hydrogen-bond acceptors (Lipinski definition) is 2. The lowest BCUT2D eigenvalue weighted by Gasteiger charge is -2.22. The summed E-state index contributed by atoms with van der Waals surface area (Å²) in [5.41, 5.74) is 1.17. The summed E-state index contributed by atoms with van der Waals surface area (Å²) in [7, 11) is 0. The van der Waals surface area contributed by atoms with Crippen LogP contribution in [-0.4, -0.2) is 47.8 Å². The lowest BCUT2D eigenvalue weighted by molar-refractivity contribution is 0.0719. The second-order valence-corrected chi connectivity index (χ2v) is 7.25. The first-order valence-electron chi connectivity index (χ1n) is 8.15. The van der Waals surface area contributed by atoms with Crippen LogP contribution < -0.4 is 0 Å². The summed E-state index contributed by atoms with van der Waals surface area (Å²) in [4.78, 5) is 28.9. The number of nitrogens with zero attached hydrogens (tertiary/aromatic N) is 2. The predicted octanol–water partition coefficient (Wildman–Crippen LogP) is 4.09. The van der Waals surface area contributed by atoms with Crippen molar-refractivity contribution in [3.63, 3.8) is 0 Å². The number of carbonyl (C=O) groups is 2. The molecule has 4 nitrogen and oxygen atoms in total. The van der Waals surface area contributed by atoms with E-state index in [1.165, 1.54) is 0 Å². The van der Waals surface area contributed by atoms with Crippen LogP contribution in [0.5, 0.6) is 0 Å². The minimum Gasteiger partial charge on any atom is -0.337 e. The van der Waals surface area contributed by atoms with Crippen molar-refractivity contribution < 1.29 is 9.59 Å². The first-order chi connectivity index (χ1) is 12.1. The topological polar surface area (TPSA) is 40.6 Å². The molecule has 0 aliphatic carbocycles. The van der Waals surface area contributed by atoms with Crippen molar-refractivity contribution in [3.05, 3.63) is 69.2 Å². The smallest absolute Gasteiger partial charge is 0.255 e. The van der Waals surface area contributed by atoms with E-state index < -0.39 is 0 Å². The maximum absolute atomic E-state index is 12.7. The summed E-state index contributed by atoms with van der Waals surface area (Å²) in [6, 6.07) is 14.4. The largest absolute Gasteiger partial charge is 0.337 e. The van der Waals surface area contributed by atoms with Crippen molar-refractivity contribution in [2.45, 2.75) is 6.42 Å². The Balaban J connectivity index is 1.68. The van der Waals surface area contributed by atoms with Crippen LogP contribution in [0, 0.1) is 0 Å². The van der Waals surface area contributed by atoms with Crippen LogP contribution in [0.15, 0.2) is 53.0 Å². The Kier molecular flexibility index (Phi) is 5.76. The van der Waals surface area contributed by atoms with Crippen LogP contribution in [0.25, 0.3) is 0 Å². The highest BCUT2D eigenvalue weighted by atomic mass is 79.9. The Labute approximate surface area is 160 Å². The fraction of sp³-hybridized carbons (Fsp3) is 0.263. The molecule has 1 heterocycles. The molecule has 2 aromatic carbocycles. The van der Waals surface area contributed by atoms with Crippen LogP contribution in [0.3, 0.4) is 0 Å². The van der Waals surface area contributed by atoms with Crippen molar-refractivity contribution in [3.8, 4) is 0 Å². The molecule has 0 unspecified atom stereocenters. The third kappa shape index (κ3) is 4.22. The molecule has 2 amide bonds. The molecule has 0 saturated carbocycles. The fourth-order valence-electron chi connectivity index (χ4n) is 2.90. The van der Waals surface area contributed by atoms with Gasteiger partial charge in [-0.2, -0.15) is 0 Å². The first kappa shape index (κ1) is 18.0. The third-order valence-corrected chi connectivity index (χ3v) is 5.12. The van der Waals surface area contributed by atoms with Gasteiger partial charge in [0.15, 0.2) is 0 Å². The highest BCUT2D eigenvalue weighted by Crippen LogP contribution is 2.19. The van der Waals surface area contributed by atoms with Crippen molar-refractivity contribution in [2.24, 2.45) is 0 Å². The summed E-state index contributed by atoms with van der Waals surface area (Å²) in [6.07, 6.45) is 0.748. The number of amides is 2. The van der Waals surface area contributed by atoms with E-state index in [1.807, 2.05) is 29.2 Å². The van der Waals surface area contributed by atoms with Gasteiger partial charge in [0.1, 0.15) is 0 Å². The zero-order valence-electron chi connectivity index (χ0n) is 13.6. The van der Waals surface area contributed by atoms with Crippen LogP contribution in [0.2, 0.25) is 5.02 Å². The lowest BCUT2D eigenvalue weighted by Crippen LogP contribution is -2.37. The second-order valence-electron chi connectivity index (χ2n) is 5.92.